The minimum absolute atomic E-state index is 0.0702. The van der Waals surface area contributed by atoms with Crippen LogP contribution < -0.4 is 11.3 Å². The van der Waals surface area contributed by atoms with E-state index in [0.717, 1.165) is 18.2 Å². The Balaban J connectivity index is 2.25. The maximum absolute atomic E-state index is 13.5. The third-order valence-electron chi connectivity index (χ3n) is 3.09. The van der Waals surface area contributed by atoms with Gasteiger partial charge in [0.2, 0.25) is 0 Å². The first kappa shape index (κ1) is 13.1. The summed E-state index contributed by atoms with van der Waals surface area (Å²) in [6.45, 7) is 4.32. The van der Waals surface area contributed by atoms with Crippen LogP contribution in [0.2, 0.25) is 0 Å². The standard InChI is InChI=1S/C14H19FN2O/c1-9(2)6-7-12(17-16)13-8-10-4-3-5-11(15)14(10)18-13/h3-5,8-9,12,17H,6-7,16H2,1-2H3. The Labute approximate surface area is 106 Å². The summed E-state index contributed by atoms with van der Waals surface area (Å²) in [7, 11) is 0. The fourth-order valence-corrected chi connectivity index (χ4v) is 2.03. The van der Waals surface area contributed by atoms with Crippen LogP contribution in [-0.4, -0.2) is 0 Å². The third kappa shape index (κ3) is 2.71. The van der Waals surface area contributed by atoms with Gasteiger partial charge in [-0.05, 0) is 30.9 Å². The predicted molar refractivity (Wildman–Crippen MR) is 70.3 cm³/mol. The van der Waals surface area contributed by atoms with Crippen molar-refractivity contribution in [2.24, 2.45) is 11.8 Å². The van der Waals surface area contributed by atoms with Gasteiger partial charge in [0, 0.05) is 5.39 Å². The molecule has 0 bridgehead atoms. The molecule has 0 saturated heterocycles. The molecule has 1 aromatic carbocycles. The van der Waals surface area contributed by atoms with Crippen LogP contribution in [0.15, 0.2) is 28.7 Å². The molecule has 2 rings (SSSR count). The van der Waals surface area contributed by atoms with Crippen molar-refractivity contribution < 1.29 is 8.81 Å². The van der Waals surface area contributed by atoms with Gasteiger partial charge in [-0.25, -0.2) is 9.82 Å². The molecule has 1 atom stereocenters. The van der Waals surface area contributed by atoms with Gasteiger partial charge in [0.05, 0.1) is 6.04 Å². The van der Waals surface area contributed by atoms with Gasteiger partial charge in [0.25, 0.3) is 0 Å². The molecule has 4 heteroatoms. The number of hydrogen-bond donors (Lipinski definition) is 2. The highest BCUT2D eigenvalue weighted by Crippen LogP contribution is 2.28. The Bertz CT molecular complexity index is 521. The van der Waals surface area contributed by atoms with Crippen molar-refractivity contribution in [3.8, 4) is 0 Å². The smallest absolute Gasteiger partial charge is 0.169 e. The number of halogens is 1. The van der Waals surface area contributed by atoms with E-state index in [9.17, 15) is 4.39 Å². The van der Waals surface area contributed by atoms with E-state index in [2.05, 4.69) is 19.3 Å². The average molecular weight is 250 g/mol. The fourth-order valence-electron chi connectivity index (χ4n) is 2.03. The summed E-state index contributed by atoms with van der Waals surface area (Å²) in [5, 5.41) is 0.773. The Morgan fingerprint density at radius 3 is 2.72 bits per heavy atom. The molecular formula is C14H19FN2O. The number of fused-ring (bicyclic) bond motifs is 1. The van der Waals surface area contributed by atoms with E-state index in [0.29, 0.717) is 17.3 Å². The van der Waals surface area contributed by atoms with Gasteiger partial charge >= 0.3 is 0 Å². The minimum Gasteiger partial charge on any atom is -0.456 e. The van der Waals surface area contributed by atoms with E-state index in [1.165, 1.54) is 6.07 Å². The highest BCUT2D eigenvalue weighted by molar-refractivity contribution is 5.78. The number of rotatable bonds is 5. The van der Waals surface area contributed by atoms with Gasteiger partial charge in [0.1, 0.15) is 5.76 Å². The Kier molecular flexibility index (Phi) is 3.99. The topological polar surface area (TPSA) is 51.2 Å². The maximum Gasteiger partial charge on any atom is 0.169 e. The van der Waals surface area contributed by atoms with Gasteiger partial charge in [-0.15, -0.1) is 0 Å². The van der Waals surface area contributed by atoms with Gasteiger partial charge < -0.3 is 4.42 Å². The largest absolute Gasteiger partial charge is 0.456 e. The van der Waals surface area contributed by atoms with Crippen molar-refractivity contribution in [3.05, 3.63) is 35.8 Å². The quantitative estimate of drug-likeness (QED) is 0.630. The zero-order valence-corrected chi connectivity index (χ0v) is 10.7. The van der Waals surface area contributed by atoms with Crippen LogP contribution in [0.25, 0.3) is 11.0 Å². The molecule has 0 aliphatic rings. The fraction of sp³-hybridized carbons (Fsp3) is 0.429. The summed E-state index contributed by atoms with van der Waals surface area (Å²) >= 11 is 0. The van der Waals surface area contributed by atoms with Crippen molar-refractivity contribution >= 4 is 11.0 Å². The van der Waals surface area contributed by atoms with Crippen LogP contribution in [0.3, 0.4) is 0 Å². The van der Waals surface area contributed by atoms with Crippen LogP contribution >= 0.6 is 0 Å². The molecule has 0 spiro atoms. The molecule has 1 heterocycles. The van der Waals surface area contributed by atoms with Gasteiger partial charge in [-0.1, -0.05) is 26.0 Å². The van der Waals surface area contributed by atoms with Crippen molar-refractivity contribution in [3.63, 3.8) is 0 Å². The summed E-state index contributed by atoms with van der Waals surface area (Å²) in [5.74, 6) is 6.50. The molecule has 0 fully saturated rings. The van der Waals surface area contributed by atoms with Gasteiger partial charge in [0.15, 0.2) is 11.4 Å². The Morgan fingerprint density at radius 1 is 1.33 bits per heavy atom. The van der Waals surface area contributed by atoms with Crippen LogP contribution in [0, 0.1) is 11.7 Å². The Morgan fingerprint density at radius 2 is 2.11 bits per heavy atom. The zero-order valence-electron chi connectivity index (χ0n) is 10.7. The van der Waals surface area contributed by atoms with E-state index in [4.69, 9.17) is 10.3 Å². The van der Waals surface area contributed by atoms with Gasteiger partial charge in [-0.3, -0.25) is 5.84 Å². The molecule has 1 aromatic heterocycles. The first-order chi connectivity index (χ1) is 8.61. The summed E-state index contributed by atoms with van der Waals surface area (Å²) in [6.07, 6.45) is 1.91. The lowest BCUT2D eigenvalue weighted by Gasteiger charge is -2.14. The number of benzene rings is 1. The van der Waals surface area contributed by atoms with Crippen molar-refractivity contribution in [2.45, 2.75) is 32.7 Å². The third-order valence-corrected chi connectivity index (χ3v) is 3.09. The lowest BCUT2D eigenvalue weighted by atomic mass is 10.0. The first-order valence-corrected chi connectivity index (χ1v) is 6.26. The van der Waals surface area contributed by atoms with E-state index in [1.807, 2.05) is 12.1 Å². The minimum atomic E-state index is -0.335. The molecule has 98 valence electrons. The van der Waals surface area contributed by atoms with E-state index < -0.39 is 0 Å². The molecule has 0 radical (unpaired) electrons. The number of hydrazine groups is 1. The number of nitrogens with two attached hydrogens (primary N) is 1. The second kappa shape index (κ2) is 5.50. The maximum atomic E-state index is 13.5. The normalized spacial score (nSPS) is 13.4. The van der Waals surface area contributed by atoms with Gasteiger partial charge in [-0.2, -0.15) is 0 Å². The molecule has 2 aromatic rings. The van der Waals surface area contributed by atoms with Crippen molar-refractivity contribution in [2.75, 3.05) is 0 Å². The molecular weight excluding hydrogens is 231 g/mol. The Hall–Kier alpha value is -1.39. The zero-order chi connectivity index (χ0) is 13.1. The van der Waals surface area contributed by atoms with E-state index in [-0.39, 0.29) is 11.9 Å². The monoisotopic (exact) mass is 250 g/mol. The number of hydrogen-bond acceptors (Lipinski definition) is 3. The summed E-state index contributed by atoms with van der Waals surface area (Å²) in [4.78, 5) is 0. The summed E-state index contributed by atoms with van der Waals surface area (Å²) in [5.41, 5.74) is 3.04. The van der Waals surface area contributed by atoms with Crippen LogP contribution in [0.5, 0.6) is 0 Å². The molecule has 3 N–H and O–H groups in total. The van der Waals surface area contributed by atoms with Crippen LogP contribution in [-0.2, 0) is 0 Å². The molecule has 18 heavy (non-hydrogen) atoms. The van der Waals surface area contributed by atoms with E-state index >= 15 is 0 Å². The summed E-state index contributed by atoms with van der Waals surface area (Å²) in [6, 6.07) is 6.69. The lowest BCUT2D eigenvalue weighted by Crippen LogP contribution is -2.27. The molecule has 0 saturated carbocycles. The SMILES string of the molecule is CC(C)CCC(NN)c1cc2cccc(F)c2o1. The number of para-hydroxylation sites is 1. The molecule has 0 amide bonds. The highest BCUT2D eigenvalue weighted by Gasteiger charge is 2.16. The molecule has 1 unspecified atom stereocenters. The first-order valence-electron chi connectivity index (χ1n) is 6.26. The van der Waals surface area contributed by atoms with Crippen molar-refractivity contribution in [1.82, 2.24) is 5.43 Å². The number of nitrogens with one attached hydrogen (secondary N) is 1. The van der Waals surface area contributed by atoms with Crippen LogP contribution in [0.1, 0.15) is 38.5 Å². The second-order valence-corrected chi connectivity index (χ2v) is 5.00. The summed E-state index contributed by atoms with van der Waals surface area (Å²) < 4.78 is 19.1. The van der Waals surface area contributed by atoms with Crippen LogP contribution in [0.4, 0.5) is 4.39 Å². The second-order valence-electron chi connectivity index (χ2n) is 5.00. The van der Waals surface area contributed by atoms with E-state index in [1.54, 1.807) is 6.07 Å². The molecule has 3 nitrogen and oxygen atoms in total. The lowest BCUT2D eigenvalue weighted by molar-refractivity contribution is 0.384. The molecule has 0 aliphatic heterocycles. The highest BCUT2D eigenvalue weighted by atomic mass is 19.1. The average Bonchev–Trinajstić information content (AvgIpc) is 2.75. The predicted octanol–water partition coefficient (Wildman–Crippen LogP) is 3.51. The van der Waals surface area contributed by atoms with Crippen molar-refractivity contribution in [1.29, 1.82) is 0 Å². The molecule has 0 aliphatic carbocycles. The number of furan rings is 1.